The van der Waals surface area contributed by atoms with Crippen molar-refractivity contribution >= 4 is 28.5 Å². The number of benzene rings is 4. The maximum absolute atomic E-state index is 12.8. The van der Waals surface area contributed by atoms with Gasteiger partial charge in [-0.15, -0.1) is 0 Å². The molecule has 3 nitrogen and oxygen atoms in total. The van der Waals surface area contributed by atoms with Gasteiger partial charge in [0.15, 0.2) is 5.78 Å². The van der Waals surface area contributed by atoms with E-state index in [-0.39, 0.29) is 5.78 Å². The molecule has 0 bridgehead atoms. The van der Waals surface area contributed by atoms with Gasteiger partial charge in [-0.1, -0.05) is 35.4 Å². The Morgan fingerprint density at radius 3 is 1.03 bits per heavy atom. The predicted octanol–water partition coefficient (Wildman–Crippen LogP) is 7.02. The molecular formula is C27H24N2O. The Bertz CT molecular complexity index is 1030. The van der Waals surface area contributed by atoms with Gasteiger partial charge in [-0.05, 0) is 86.6 Å². The van der Waals surface area contributed by atoms with Gasteiger partial charge in [0.05, 0.1) is 0 Å². The first kappa shape index (κ1) is 19.5. The topological polar surface area (TPSA) is 41.1 Å². The molecule has 4 aromatic carbocycles. The SMILES string of the molecule is Cc1ccc(Nc2ccc(C(=O)c3ccc(Nc4ccc(C)cc4)cc3)cc2)cc1. The predicted molar refractivity (Wildman–Crippen MR) is 125 cm³/mol. The summed E-state index contributed by atoms with van der Waals surface area (Å²) in [7, 11) is 0. The Morgan fingerprint density at radius 2 is 0.733 bits per heavy atom. The van der Waals surface area contributed by atoms with Crippen molar-refractivity contribution in [2.75, 3.05) is 10.6 Å². The number of carbonyl (C=O) groups is 1. The van der Waals surface area contributed by atoms with Crippen LogP contribution in [0.2, 0.25) is 0 Å². The van der Waals surface area contributed by atoms with Crippen molar-refractivity contribution in [3.05, 3.63) is 119 Å². The fourth-order valence-electron chi connectivity index (χ4n) is 3.18. The van der Waals surface area contributed by atoms with Gasteiger partial charge in [-0.3, -0.25) is 4.79 Å². The number of hydrogen-bond acceptors (Lipinski definition) is 3. The van der Waals surface area contributed by atoms with Gasteiger partial charge in [0.25, 0.3) is 0 Å². The van der Waals surface area contributed by atoms with Gasteiger partial charge in [0, 0.05) is 33.9 Å². The van der Waals surface area contributed by atoms with Crippen LogP contribution in [-0.4, -0.2) is 5.78 Å². The number of rotatable bonds is 6. The normalized spacial score (nSPS) is 10.5. The van der Waals surface area contributed by atoms with Gasteiger partial charge >= 0.3 is 0 Å². The second-order valence-corrected chi connectivity index (χ2v) is 7.47. The van der Waals surface area contributed by atoms with Crippen molar-refractivity contribution in [1.82, 2.24) is 0 Å². The van der Waals surface area contributed by atoms with E-state index in [9.17, 15) is 4.79 Å². The molecule has 0 fully saturated rings. The smallest absolute Gasteiger partial charge is 0.193 e. The Morgan fingerprint density at radius 1 is 0.467 bits per heavy atom. The van der Waals surface area contributed by atoms with Gasteiger partial charge in [0.2, 0.25) is 0 Å². The maximum atomic E-state index is 12.8. The van der Waals surface area contributed by atoms with Crippen molar-refractivity contribution in [3.63, 3.8) is 0 Å². The molecule has 0 heterocycles. The third-order valence-electron chi connectivity index (χ3n) is 4.97. The molecule has 4 aromatic rings. The minimum atomic E-state index is 0.0128. The molecule has 0 saturated carbocycles. The maximum Gasteiger partial charge on any atom is 0.193 e. The zero-order chi connectivity index (χ0) is 20.9. The standard InChI is InChI=1S/C27H24N2O/c1-19-3-11-23(12-4-19)28-25-15-7-21(8-16-25)27(30)22-9-17-26(18-10-22)29-24-13-5-20(2)6-14-24/h3-18,28-29H,1-2H3. The lowest BCUT2D eigenvalue weighted by Gasteiger charge is -2.09. The summed E-state index contributed by atoms with van der Waals surface area (Å²) in [4.78, 5) is 12.8. The summed E-state index contributed by atoms with van der Waals surface area (Å²) in [5.74, 6) is 0.0128. The first-order chi connectivity index (χ1) is 14.6. The molecule has 0 aliphatic carbocycles. The average Bonchev–Trinajstić information content (AvgIpc) is 2.77. The van der Waals surface area contributed by atoms with Crippen LogP contribution in [0.4, 0.5) is 22.7 Å². The summed E-state index contributed by atoms with van der Waals surface area (Å²) in [5.41, 5.74) is 7.74. The molecule has 30 heavy (non-hydrogen) atoms. The average molecular weight is 393 g/mol. The molecule has 0 radical (unpaired) electrons. The number of nitrogens with one attached hydrogen (secondary N) is 2. The van der Waals surface area contributed by atoms with Crippen LogP contribution >= 0.6 is 0 Å². The van der Waals surface area contributed by atoms with E-state index in [4.69, 9.17) is 0 Å². The van der Waals surface area contributed by atoms with E-state index in [0.29, 0.717) is 11.1 Å². The summed E-state index contributed by atoms with van der Waals surface area (Å²) in [6.07, 6.45) is 0. The molecule has 0 amide bonds. The summed E-state index contributed by atoms with van der Waals surface area (Å²) >= 11 is 0. The highest BCUT2D eigenvalue weighted by Crippen LogP contribution is 2.21. The summed E-state index contributed by atoms with van der Waals surface area (Å²) < 4.78 is 0. The molecule has 0 atom stereocenters. The summed E-state index contributed by atoms with van der Waals surface area (Å²) in [6, 6.07) is 31.6. The molecule has 3 heteroatoms. The fraction of sp³-hybridized carbons (Fsp3) is 0.0741. The summed E-state index contributed by atoms with van der Waals surface area (Å²) in [5, 5.41) is 6.70. The van der Waals surface area contributed by atoms with Gasteiger partial charge in [-0.25, -0.2) is 0 Å². The highest BCUT2D eigenvalue weighted by molar-refractivity contribution is 6.09. The van der Waals surface area contributed by atoms with Crippen LogP contribution < -0.4 is 10.6 Å². The Balaban J connectivity index is 1.42. The van der Waals surface area contributed by atoms with E-state index in [0.717, 1.165) is 22.7 Å². The number of aryl methyl sites for hydroxylation is 2. The first-order valence-corrected chi connectivity index (χ1v) is 9.99. The van der Waals surface area contributed by atoms with Gasteiger partial charge in [0.1, 0.15) is 0 Å². The van der Waals surface area contributed by atoms with E-state index in [2.05, 4.69) is 48.7 Å². The van der Waals surface area contributed by atoms with E-state index in [1.807, 2.05) is 72.8 Å². The molecule has 0 aliphatic heterocycles. The monoisotopic (exact) mass is 392 g/mol. The van der Waals surface area contributed by atoms with Crippen molar-refractivity contribution < 1.29 is 4.79 Å². The second kappa shape index (κ2) is 8.66. The first-order valence-electron chi connectivity index (χ1n) is 9.99. The third-order valence-corrected chi connectivity index (χ3v) is 4.97. The molecule has 2 N–H and O–H groups in total. The van der Waals surface area contributed by atoms with Gasteiger partial charge < -0.3 is 10.6 Å². The van der Waals surface area contributed by atoms with Crippen LogP contribution in [0.15, 0.2) is 97.1 Å². The third kappa shape index (κ3) is 4.76. The van der Waals surface area contributed by atoms with E-state index in [1.165, 1.54) is 11.1 Å². The highest BCUT2D eigenvalue weighted by atomic mass is 16.1. The lowest BCUT2D eigenvalue weighted by atomic mass is 10.0. The van der Waals surface area contributed by atoms with E-state index in [1.54, 1.807) is 0 Å². The molecule has 0 aromatic heterocycles. The quantitative estimate of drug-likeness (QED) is 0.346. The highest BCUT2D eigenvalue weighted by Gasteiger charge is 2.09. The fourth-order valence-corrected chi connectivity index (χ4v) is 3.18. The Labute approximate surface area is 177 Å². The number of ketones is 1. The zero-order valence-electron chi connectivity index (χ0n) is 17.1. The van der Waals surface area contributed by atoms with Crippen LogP contribution in [0.1, 0.15) is 27.0 Å². The van der Waals surface area contributed by atoms with Crippen LogP contribution in [0.5, 0.6) is 0 Å². The van der Waals surface area contributed by atoms with Crippen LogP contribution in [0.25, 0.3) is 0 Å². The minimum absolute atomic E-state index is 0.0128. The number of hydrogen-bond donors (Lipinski definition) is 2. The molecule has 0 aliphatic rings. The number of anilines is 4. The molecule has 4 rings (SSSR count). The van der Waals surface area contributed by atoms with Crippen molar-refractivity contribution in [1.29, 1.82) is 0 Å². The van der Waals surface area contributed by atoms with E-state index >= 15 is 0 Å². The molecule has 0 unspecified atom stereocenters. The Kier molecular flexibility index (Phi) is 5.62. The van der Waals surface area contributed by atoms with Crippen LogP contribution in [-0.2, 0) is 0 Å². The lowest BCUT2D eigenvalue weighted by Crippen LogP contribution is -2.02. The largest absolute Gasteiger partial charge is 0.356 e. The van der Waals surface area contributed by atoms with Crippen molar-refractivity contribution in [2.24, 2.45) is 0 Å². The van der Waals surface area contributed by atoms with Crippen LogP contribution in [0.3, 0.4) is 0 Å². The van der Waals surface area contributed by atoms with E-state index < -0.39 is 0 Å². The van der Waals surface area contributed by atoms with Crippen molar-refractivity contribution in [3.8, 4) is 0 Å². The van der Waals surface area contributed by atoms with Gasteiger partial charge in [-0.2, -0.15) is 0 Å². The summed E-state index contributed by atoms with van der Waals surface area (Å²) in [6.45, 7) is 4.13. The van der Waals surface area contributed by atoms with Crippen molar-refractivity contribution in [2.45, 2.75) is 13.8 Å². The molecule has 0 saturated heterocycles. The second-order valence-electron chi connectivity index (χ2n) is 7.47. The van der Waals surface area contributed by atoms with Crippen LogP contribution in [0, 0.1) is 13.8 Å². The Hall–Kier alpha value is -3.85. The molecule has 0 spiro atoms. The molecule has 148 valence electrons. The number of carbonyl (C=O) groups excluding carboxylic acids is 1. The molecular weight excluding hydrogens is 368 g/mol. The lowest BCUT2D eigenvalue weighted by molar-refractivity contribution is 0.103. The zero-order valence-corrected chi connectivity index (χ0v) is 17.1. The minimum Gasteiger partial charge on any atom is -0.356 e.